The number of hydrogen-bond donors (Lipinski definition) is 1. The van der Waals surface area contributed by atoms with E-state index in [0.29, 0.717) is 19.5 Å². The first-order chi connectivity index (χ1) is 17.9. The van der Waals surface area contributed by atoms with Gasteiger partial charge >= 0.3 is 5.97 Å². The molecule has 37 heavy (non-hydrogen) atoms. The lowest BCUT2D eigenvalue weighted by Crippen LogP contribution is -2.37. The number of benzene rings is 2. The summed E-state index contributed by atoms with van der Waals surface area (Å²) in [6.45, 7) is 10.2. The van der Waals surface area contributed by atoms with Gasteiger partial charge in [0.15, 0.2) is 0 Å². The van der Waals surface area contributed by atoms with Gasteiger partial charge in [-0.3, -0.25) is 4.90 Å². The zero-order valence-electron chi connectivity index (χ0n) is 21.9. The molecule has 2 aliphatic rings. The molecule has 198 valence electrons. The number of carboxylic acids is 1. The Labute approximate surface area is 217 Å². The van der Waals surface area contributed by atoms with E-state index >= 15 is 4.39 Å². The number of likely N-dealkylation sites (N-methyl/N-ethyl adjacent to an activating group) is 1. The minimum atomic E-state index is -0.988. The van der Waals surface area contributed by atoms with E-state index < -0.39 is 12.1 Å². The summed E-state index contributed by atoms with van der Waals surface area (Å²) in [6.07, 6.45) is 2.14. The third-order valence-corrected chi connectivity index (χ3v) is 8.39. The normalized spacial score (nSPS) is 20.5. The zero-order chi connectivity index (χ0) is 26.1. The number of aromatic carboxylic acids is 1. The number of rotatable bonds is 7. The minimum Gasteiger partial charge on any atom is -0.478 e. The van der Waals surface area contributed by atoms with Crippen LogP contribution in [0.4, 0.5) is 8.78 Å². The average molecular weight is 510 g/mol. The van der Waals surface area contributed by atoms with Crippen molar-refractivity contribution in [3.8, 4) is 11.3 Å². The van der Waals surface area contributed by atoms with Crippen LogP contribution in [0.2, 0.25) is 0 Å². The Kier molecular flexibility index (Phi) is 7.63. The van der Waals surface area contributed by atoms with Gasteiger partial charge in [0.05, 0.1) is 11.3 Å². The van der Waals surface area contributed by atoms with Crippen molar-refractivity contribution in [2.45, 2.75) is 64.7 Å². The molecule has 0 amide bonds. The highest BCUT2D eigenvalue weighted by atomic mass is 19.1. The van der Waals surface area contributed by atoms with E-state index in [0.717, 1.165) is 85.3 Å². The number of fused-ring (bicyclic) bond motifs is 5. The molecule has 1 aliphatic heterocycles. The highest BCUT2D eigenvalue weighted by molar-refractivity contribution is 5.98. The summed E-state index contributed by atoms with van der Waals surface area (Å²) in [5, 5.41) is 10.6. The predicted octanol–water partition coefficient (Wildman–Crippen LogP) is 6.30. The third kappa shape index (κ3) is 5.04. The van der Waals surface area contributed by atoms with E-state index in [2.05, 4.69) is 28.2 Å². The standard InChI is InChI=1S/C30H37F2N3O2/c1-3-33(4-2)13-14-34-15-16-35-27-17-20(30(36)37)10-12-24(27)28(23-7-5-6-8-26(23)32)29(35)25-18-22(31)11-9-21(25)19-34/h9-12,17-18,23,26H,3-8,13-16,19H2,1-2H3,(H,36,37)/t23-,26-/m0/s1. The van der Waals surface area contributed by atoms with Gasteiger partial charge in [-0.25, -0.2) is 13.6 Å². The second kappa shape index (κ2) is 10.9. The number of nitrogens with zero attached hydrogens (tertiary/aromatic N) is 3. The number of hydrogen-bond acceptors (Lipinski definition) is 3. The monoisotopic (exact) mass is 509 g/mol. The second-order valence-corrected chi connectivity index (χ2v) is 10.5. The summed E-state index contributed by atoms with van der Waals surface area (Å²) in [4.78, 5) is 16.6. The highest BCUT2D eigenvalue weighted by Crippen LogP contribution is 2.46. The summed E-state index contributed by atoms with van der Waals surface area (Å²) in [7, 11) is 0. The molecule has 1 aromatic heterocycles. The lowest BCUT2D eigenvalue weighted by molar-refractivity contribution is 0.0697. The molecule has 0 bridgehead atoms. The number of halogens is 2. The van der Waals surface area contributed by atoms with Gasteiger partial charge in [0, 0.05) is 55.1 Å². The molecule has 2 atom stereocenters. The van der Waals surface area contributed by atoms with Crippen LogP contribution in [-0.2, 0) is 13.1 Å². The van der Waals surface area contributed by atoms with Crippen molar-refractivity contribution in [2.75, 3.05) is 32.7 Å². The topological polar surface area (TPSA) is 48.7 Å². The quantitative estimate of drug-likeness (QED) is 0.406. The maximum atomic E-state index is 15.5. The van der Waals surface area contributed by atoms with Gasteiger partial charge in [-0.1, -0.05) is 38.8 Å². The Morgan fingerprint density at radius 2 is 1.86 bits per heavy atom. The highest BCUT2D eigenvalue weighted by Gasteiger charge is 2.34. The summed E-state index contributed by atoms with van der Waals surface area (Å²) in [6, 6.07) is 10.1. The number of carbonyl (C=O) groups is 1. The van der Waals surface area contributed by atoms with Crippen LogP contribution in [0.5, 0.6) is 0 Å². The van der Waals surface area contributed by atoms with E-state index in [1.165, 1.54) is 6.07 Å². The lowest BCUT2D eigenvalue weighted by atomic mass is 9.80. The molecule has 1 aliphatic carbocycles. The Morgan fingerprint density at radius 3 is 2.59 bits per heavy atom. The molecule has 7 heteroatoms. The molecule has 0 spiro atoms. The number of aromatic nitrogens is 1. The van der Waals surface area contributed by atoms with Crippen LogP contribution < -0.4 is 0 Å². The molecule has 0 unspecified atom stereocenters. The van der Waals surface area contributed by atoms with Crippen molar-refractivity contribution in [3.05, 3.63) is 58.9 Å². The molecule has 5 nitrogen and oxygen atoms in total. The second-order valence-electron chi connectivity index (χ2n) is 10.5. The maximum absolute atomic E-state index is 15.5. The van der Waals surface area contributed by atoms with E-state index in [9.17, 15) is 14.3 Å². The van der Waals surface area contributed by atoms with Crippen molar-refractivity contribution >= 4 is 16.9 Å². The first-order valence-electron chi connectivity index (χ1n) is 13.7. The first kappa shape index (κ1) is 25.9. The maximum Gasteiger partial charge on any atom is 0.335 e. The zero-order valence-corrected chi connectivity index (χ0v) is 21.9. The van der Waals surface area contributed by atoms with Crippen molar-refractivity contribution in [2.24, 2.45) is 0 Å². The molecule has 2 aromatic carbocycles. The predicted molar refractivity (Wildman–Crippen MR) is 143 cm³/mol. The molecule has 0 radical (unpaired) electrons. The minimum absolute atomic E-state index is 0.208. The van der Waals surface area contributed by atoms with Gasteiger partial charge in [0.2, 0.25) is 0 Å². The third-order valence-electron chi connectivity index (χ3n) is 8.39. The summed E-state index contributed by atoms with van der Waals surface area (Å²) in [5.74, 6) is -1.58. The molecular weight excluding hydrogens is 472 g/mol. The molecule has 1 N–H and O–H groups in total. The van der Waals surface area contributed by atoms with Crippen molar-refractivity contribution in [3.63, 3.8) is 0 Å². The van der Waals surface area contributed by atoms with Crippen LogP contribution in [0.3, 0.4) is 0 Å². The lowest BCUT2D eigenvalue weighted by Gasteiger charge is -2.31. The molecule has 5 rings (SSSR count). The van der Waals surface area contributed by atoms with E-state index in [4.69, 9.17) is 0 Å². The fourth-order valence-corrected chi connectivity index (χ4v) is 6.30. The average Bonchev–Trinajstić information content (AvgIpc) is 3.20. The van der Waals surface area contributed by atoms with Crippen molar-refractivity contribution in [1.82, 2.24) is 14.4 Å². The molecule has 1 fully saturated rings. The fraction of sp³-hybridized carbons (Fsp3) is 0.500. The molecule has 1 saturated carbocycles. The van der Waals surface area contributed by atoms with Crippen LogP contribution in [0.25, 0.3) is 22.2 Å². The molecule has 0 saturated heterocycles. The largest absolute Gasteiger partial charge is 0.478 e. The van der Waals surface area contributed by atoms with Crippen LogP contribution >= 0.6 is 0 Å². The van der Waals surface area contributed by atoms with Crippen molar-refractivity contribution < 1.29 is 18.7 Å². The summed E-state index contributed by atoms with van der Waals surface area (Å²) < 4.78 is 32.4. The smallest absolute Gasteiger partial charge is 0.335 e. The van der Waals surface area contributed by atoms with Crippen LogP contribution in [0, 0.1) is 5.82 Å². The summed E-state index contributed by atoms with van der Waals surface area (Å²) >= 11 is 0. The first-order valence-corrected chi connectivity index (χ1v) is 13.7. The molecular formula is C30H37F2N3O2. The Hall–Kier alpha value is -2.77. The van der Waals surface area contributed by atoms with Crippen LogP contribution in [0.15, 0.2) is 36.4 Å². The van der Waals surface area contributed by atoms with Gasteiger partial charge < -0.3 is 14.6 Å². The van der Waals surface area contributed by atoms with E-state index in [1.54, 1.807) is 18.2 Å². The van der Waals surface area contributed by atoms with E-state index in [-0.39, 0.29) is 17.3 Å². The van der Waals surface area contributed by atoms with Gasteiger partial charge in [-0.15, -0.1) is 0 Å². The number of carboxylic acid groups (broad SMARTS) is 1. The number of alkyl halides is 1. The Bertz CT molecular complexity index is 1280. The van der Waals surface area contributed by atoms with Crippen molar-refractivity contribution in [1.29, 1.82) is 0 Å². The van der Waals surface area contributed by atoms with Gasteiger partial charge in [-0.05, 0) is 61.3 Å². The van der Waals surface area contributed by atoms with Gasteiger partial charge in [0.1, 0.15) is 12.0 Å². The van der Waals surface area contributed by atoms with Gasteiger partial charge in [0.25, 0.3) is 0 Å². The summed E-state index contributed by atoms with van der Waals surface area (Å²) in [5.41, 5.74) is 4.61. The molecule has 2 heterocycles. The Balaban J connectivity index is 1.69. The van der Waals surface area contributed by atoms with Crippen LogP contribution in [-0.4, -0.2) is 64.3 Å². The van der Waals surface area contributed by atoms with Gasteiger partial charge in [-0.2, -0.15) is 0 Å². The SMILES string of the molecule is CCN(CC)CCN1CCn2c(c([C@H]3CCCC[C@@H]3F)c3ccc(C(=O)O)cc32)-c2cc(F)ccc2C1. The van der Waals surface area contributed by atoms with E-state index in [1.807, 2.05) is 12.1 Å². The van der Waals surface area contributed by atoms with Crippen LogP contribution in [0.1, 0.15) is 66.9 Å². The Morgan fingerprint density at radius 1 is 1.08 bits per heavy atom. The fourth-order valence-electron chi connectivity index (χ4n) is 6.30. The molecule has 3 aromatic rings.